The normalized spacial score (nSPS) is 11.2. The third-order valence-corrected chi connectivity index (χ3v) is 3.44. The van der Waals surface area contributed by atoms with Gasteiger partial charge < -0.3 is 9.63 Å². The highest BCUT2D eigenvalue weighted by Gasteiger charge is 2.16. The molecule has 0 radical (unpaired) electrons. The van der Waals surface area contributed by atoms with Gasteiger partial charge in [0.15, 0.2) is 5.69 Å². The summed E-state index contributed by atoms with van der Waals surface area (Å²) in [7, 11) is -3.74. The predicted octanol–water partition coefficient (Wildman–Crippen LogP) is 1.02. The van der Waals surface area contributed by atoms with Gasteiger partial charge in [-0.1, -0.05) is 11.2 Å². The van der Waals surface area contributed by atoms with Gasteiger partial charge in [0.1, 0.15) is 23.0 Å². The lowest BCUT2D eigenvalue weighted by Gasteiger charge is -2.06. The number of carboxylic acid groups (broad SMARTS) is 1. The molecule has 0 bridgehead atoms. The Kier molecular flexibility index (Phi) is 3.70. The van der Waals surface area contributed by atoms with Crippen LogP contribution in [0.25, 0.3) is 0 Å². The Balaban J connectivity index is 2.15. The van der Waals surface area contributed by atoms with E-state index in [0.717, 1.165) is 0 Å². The van der Waals surface area contributed by atoms with Crippen molar-refractivity contribution >= 4 is 21.8 Å². The first-order chi connectivity index (χ1) is 9.35. The van der Waals surface area contributed by atoms with Crippen LogP contribution in [0.2, 0.25) is 0 Å². The zero-order valence-corrected chi connectivity index (χ0v) is 11.2. The first-order valence-electron chi connectivity index (χ1n) is 5.49. The molecule has 20 heavy (non-hydrogen) atoms. The van der Waals surface area contributed by atoms with Crippen molar-refractivity contribution in [2.75, 3.05) is 4.72 Å². The summed E-state index contributed by atoms with van der Waals surface area (Å²) >= 11 is 0. The Hall–Kier alpha value is -2.42. The highest BCUT2D eigenvalue weighted by Crippen LogP contribution is 2.11. The van der Waals surface area contributed by atoms with Gasteiger partial charge in [0.25, 0.3) is 0 Å². The maximum absolute atomic E-state index is 11.9. The number of aromatic nitrogens is 2. The molecule has 0 saturated carbocycles. The number of carboxylic acids is 1. The lowest BCUT2D eigenvalue weighted by atomic mass is 10.3. The summed E-state index contributed by atoms with van der Waals surface area (Å²) < 4.78 is 30.7. The predicted molar refractivity (Wildman–Crippen MR) is 68.7 cm³/mol. The Labute approximate surface area is 114 Å². The number of anilines is 1. The first-order valence-corrected chi connectivity index (χ1v) is 7.14. The van der Waals surface area contributed by atoms with Crippen molar-refractivity contribution in [3.63, 3.8) is 0 Å². The van der Waals surface area contributed by atoms with Crippen LogP contribution in [0.1, 0.15) is 21.9 Å². The van der Waals surface area contributed by atoms with Crippen molar-refractivity contribution in [3.05, 3.63) is 41.4 Å². The molecule has 2 aromatic heterocycles. The molecule has 106 valence electrons. The summed E-state index contributed by atoms with van der Waals surface area (Å²) in [6.07, 6.45) is 0. The van der Waals surface area contributed by atoms with Crippen molar-refractivity contribution < 1.29 is 22.8 Å². The summed E-state index contributed by atoms with van der Waals surface area (Å²) in [6.45, 7) is 1.65. The van der Waals surface area contributed by atoms with Crippen LogP contribution in [0.5, 0.6) is 0 Å². The average molecular weight is 297 g/mol. The number of sulfonamides is 1. The van der Waals surface area contributed by atoms with Crippen molar-refractivity contribution in [3.8, 4) is 0 Å². The maximum atomic E-state index is 11.9. The molecule has 0 aliphatic carbocycles. The van der Waals surface area contributed by atoms with Crippen LogP contribution in [0.3, 0.4) is 0 Å². The minimum absolute atomic E-state index is 0.0647. The summed E-state index contributed by atoms with van der Waals surface area (Å²) in [5.74, 6) is -1.19. The lowest BCUT2D eigenvalue weighted by Crippen LogP contribution is -2.17. The van der Waals surface area contributed by atoms with E-state index in [-0.39, 0.29) is 23.0 Å². The van der Waals surface area contributed by atoms with E-state index in [4.69, 9.17) is 9.63 Å². The van der Waals surface area contributed by atoms with E-state index in [0.29, 0.717) is 5.76 Å². The standard InChI is InChI=1S/C11H11N3O5S/c1-7-5-8(13-19-7)6-20(17,18)14-10-4-2-3-9(12-10)11(15)16/h2-5H,6H2,1H3,(H,12,14)(H,15,16). The molecule has 0 unspecified atom stereocenters. The molecule has 0 aliphatic heterocycles. The van der Waals surface area contributed by atoms with E-state index in [1.54, 1.807) is 6.92 Å². The van der Waals surface area contributed by atoms with Gasteiger partial charge in [0.05, 0.1) is 0 Å². The fourth-order valence-corrected chi connectivity index (χ4v) is 2.52. The molecule has 0 saturated heterocycles. The number of rotatable bonds is 5. The van der Waals surface area contributed by atoms with Crippen LogP contribution in [0.4, 0.5) is 5.82 Å². The number of hydrogen-bond acceptors (Lipinski definition) is 6. The van der Waals surface area contributed by atoms with Gasteiger partial charge in [-0.25, -0.2) is 18.2 Å². The van der Waals surface area contributed by atoms with E-state index in [1.807, 2.05) is 0 Å². The van der Waals surface area contributed by atoms with E-state index in [9.17, 15) is 13.2 Å². The molecule has 8 nitrogen and oxygen atoms in total. The molecule has 0 aliphatic rings. The van der Waals surface area contributed by atoms with E-state index in [1.165, 1.54) is 24.3 Å². The molecule has 2 N–H and O–H groups in total. The zero-order chi connectivity index (χ0) is 14.8. The Morgan fingerprint density at radius 3 is 2.80 bits per heavy atom. The molecule has 0 amide bonds. The molecule has 0 fully saturated rings. The fraction of sp³-hybridized carbons (Fsp3) is 0.182. The van der Waals surface area contributed by atoms with Crippen LogP contribution < -0.4 is 4.72 Å². The largest absolute Gasteiger partial charge is 0.477 e. The molecule has 2 aromatic rings. The minimum atomic E-state index is -3.74. The monoisotopic (exact) mass is 297 g/mol. The fourth-order valence-electron chi connectivity index (χ4n) is 1.49. The molecule has 2 heterocycles. The van der Waals surface area contributed by atoms with Gasteiger partial charge in [-0.3, -0.25) is 4.72 Å². The minimum Gasteiger partial charge on any atom is -0.477 e. The van der Waals surface area contributed by atoms with Crippen molar-refractivity contribution in [1.82, 2.24) is 10.1 Å². The summed E-state index contributed by atoms with van der Waals surface area (Å²) in [5, 5.41) is 12.4. The van der Waals surface area contributed by atoms with E-state index in [2.05, 4.69) is 14.9 Å². The van der Waals surface area contributed by atoms with Gasteiger partial charge in [0, 0.05) is 6.07 Å². The quantitative estimate of drug-likeness (QED) is 0.844. The topological polar surface area (TPSA) is 122 Å². The lowest BCUT2D eigenvalue weighted by molar-refractivity contribution is 0.0690. The van der Waals surface area contributed by atoms with Gasteiger partial charge in [-0.15, -0.1) is 0 Å². The summed E-state index contributed by atoms with van der Waals surface area (Å²) in [6, 6.07) is 5.52. The molecule has 0 spiro atoms. The summed E-state index contributed by atoms with van der Waals surface area (Å²) in [5.41, 5.74) is 0.00636. The number of nitrogens with zero attached hydrogens (tertiary/aromatic N) is 2. The number of aryl methyl sites for hydroxylation is 1. The SMILES string of the molecule is Cc1cc(CS(=O)(=O)Nc2cccc(C(=O)O)n2)no1. The molecular formula is C11H11N3O5S. The Bertz CT molecular complexity index is 738. The van der Waals surface area contributed by atoms with Crippen LogP contribution >= 0.6 is 0 Å². The molecule has 2 rings (SSSR count). The van der Waals surface area contributed by atoms with Gasteiger partial charge in [-0.05, 0) is 19.1 Å². The van der Waals surface area contributed by atoms with Crippen molar-refractivity contribution in [1.29, 1.82) is 0 Å². The number of carbonyl (C=O) groups is 1. The first kappa shape index (κ1) is 14.0. The molecular weight excluding hydrogens is 286 g/mol. The number of hydrogen-bond donors (Lipinski definition) is 2. The zero-order valence-electron chi connectivity index (χ0n) is 10.4. The second kappa shape index (κ2) is 5.29. The van der Waals surface area contributed by atoms with Crippen molar-refractivity contribution in [2.24, 2.45) is 0 Å². The van der Waals surface area contributed by atoms with Crippen LogP contribution in [0, 0.1) is 6.92 Å². The van der Waals surface area contributed by atoms with Crippen LogP contribution in [0.15, 0.2) is 28.8 Å². The van der Waals surface area contributed by atoms with Gasteiger partial charge in [0.2, 0.25) is 10.0 Å². The Morgan fingerprint density at radius 2 is 2.20 bits per heavy atom. The highest BCUT2D eigenvalue weighted by atomic mass is 32.2. The third kappa shape index (κ3) is 3.54. The van der Waals surface area contributed by atoms with Crippen molar-refractivity contribution in [2.45, 2.75) is 12.7 Å². The number of aromatic carboxylic acids is 1. The van der Waals surface area contributed by atoms with Gasteiger partial charge >= 0.3 is 5.97 Å². The average Bonchev–Trinajstić information content (AvgIpc) is 2.73. The smallest absolute Gasteiger partial charge is 0.354 e. The highest BCUT2D eigenvalue weighted by molar-refractivity contribution is 7.91. The van der Waals surface area contributed by atoms with E-state index < -0.39 is 16.0 Å². The molecule has 0 aromatic carbocycles. The second-order valence-corrected chi connectivity index (χ2v) is 5.73. The van der Waals surface area contributed by atoms with Crippen LogP contribution in [-0.2, 0) is 15.8 Å². The maximum Gasteiger partial charge on any atom is 0.354 e. The van der Waals surface area contributed by atoms with E-state index >= 15 is 0 Å². The third-order valence-electron chi connectivity index (χ3n) is 2.24. The second-order valence-electron chi connectivity index (χ2n) is 4.00. The molecule has 9 heteroatoms. The van der Waals surface area contributed by atoms with Gasteiger partial charge in [-0.2, -0.15) is 0 Å². The number of pyridine rings is 1. The Morgan fingerprint density at radius 1 is 1.45 bits per heavy atom. The summed E-state index contributed by atoms with van der Waals surface area (Å²) in [4.78, 5) is 14.4. The molecule has 0 atom stereocenters. The van der Waals surface area contributed by atoms with Crippen LogP contribution in [-0.4, -0.2) is 29.6 Å². The number of nitrogens with one attached hydrogen (secondary N) is 1.